The molecule has 1 aromatic rings. The van der Waals surface area contributed by atoms with Gasteiger partial charge in [-0.15, -0.1) is 13.2 Å². The van der Waals surface area contributed by atoms with E-state index in [9.17, 15) is 22.0 Å². The average molecular weight is 213 g/mol. The molecule has 7 heteroatoms. The van der Waals surface area contributed by atoms with Crippen LogP contribution in [0.1, 0.15) is 0 Å². The molecule has 0 saturated heterocycles. The van der Waals surface area contributed by atoms with Crippen LogP contribution in [0.2, 0.25) is 0 Å². The van der Waals surface area contributed by atoms with Gasteiger partial charge in [0.15, 0.2) is 11.6 Å². The molecule has 0 aliphatic heterocycles. The second-order valence-electron chi connectivity index (χ2n) is 2.35. The molecule has 0 heterocycles. The SMILES string of the molecule is Nc1cc(OC(F)(F)F)c(F)cc1F. The predicted octanol–water partition coefficient (Wildman–Crippen LogP) is 2.45. The minimum atomic E-state index is -5.04. The molecule has 78 valence electrons. The first-order valence-corrected chi connectivity index (χ1v) is 3.30. The molecule has 0 amide bonds. The Morgan fingerprint density at radius 2 is 1.64 bits per heavy atom. The van der Waals surface area contributed by atoms with Gasteiger partial charge in [0, 0.05) is 12.1 Å². The first kappa shape index (κ1) is 10.6. The summed E-state index contributed by atoms with van der Waals surface area (Å²) in [5, 5.41) is 0. The summed E-state index contributed by atoms with van der Waals surface area (Å²) in [4.78, 5) is 0. The topological polar surface area (TPSA) is 35.2 Å². The Balaban J connectivity index is 3.04. The van der Waals surface area contributed by atoms with E-state index in [1.165, 1.54) is 0 Å². The lowest BCUT2D eigenvalue weighted by Gasteiger charge is -2.10. The highest BCUT2D eigenvalue weighted by atomic mass is 19.4. The van der Waals surface area contributed by atoms with Crippen molar-refractivity contribution in [2.45, 2.75) is 6.36 Å². The maximum atomic E-state index is 12.6. The Bertz CT molecular complexity index is 349. The van der Waals surface area contributed by atoms with Crippen molar-refractivity contribution >= 4 is 5.69 Å². The van der Waals surface area contributed by atoms with Crippen molar-refractivity contribution in [3.63, 3.8) is 0 Å². The van der Waals surface area contributed by atoms with Gasteiger partial charge in [-0.3, -0.25) is 0 Å². The normalized spacial score (nSPS) is 11.5. The summed E-state index contributed by atoms with van der Waals surface area (Å²) in [5.41, 5.74) is 4.30. The third kappa shape index (κ3) is 2.48. The monoisotopic (exact) mass is 213 g/mol. The summed E-state index contributed by atoms with van der Waals surface area (Å²) in [6, 6.07) is 0.647. The van der Waals surface area contributed by atoms with Crippen LogP contribution in [0.4, 0.5) is 27.6 Å². The zero-order chi connectivity index (χ0) is 10.9. The Hall–Kier alpha value is -1.53. The number of anilines is 1. The van der Waals surface area contributed by atoms with E-state index in [1.54, 1.807) is 0 Å². The van der Waals surface area contributed by atoms with Gasteiger partial charge < -0.3 is 10.5 Å². The van der Waals surface area contributed by atoms with Gasteiger partial charge in [-0.2, -0.15) is 0 Å². The maximum Gasteiger partial charge on any atom is 0.573 e. The van der Waals surface area contributed by atoms with E-state index in [0.29, 0.717) is 6.07 Å². The van der Waals surface area contributed by atoms with Crippen molar-refractivity contribution in [2.75, 3.05) is 5.73 Å². The first-order chi connectivity index (χ1) is 6.29. The summed E-state index contributed by atoms with van der Waals surface area (Å²) in [7, 11) is 0. The highest BCUT2D eigenvalue weighted by molar-refractivity contribution is 5.46. The molecule has 0 radical (unpaired) electrons. The molecule has 0 aliphatic rings. The molecule has 0 fully saturated rings. The van der Waals surface area contributed by atoms with E-state index in [1.807, 2.05) is 0 Å². The van der Waals surface area contributed by atoms with Gasteiger partial charge in [0.1, 0.15) is 5.82 Å². The maximum absolute atomic E-state index is 12.6. The number of rotatable bonds is 1. The second-order valence-corrected chi connectivity index (χ2v) is 2.35. The second kappa shape index (κ2) is 3.32. The van der Waals surface area contributed by atoms with Crippen molar-refractivity contribution < 1.29 is 26.7 Å². The highest BCUT2D eigenvalue weighted by Crippen LogP contribution is 2.28. The number of halogens is 5. The quantitative estimate of drug-likeness (QED) is 0.574. The van der Waals surface area contributed by atoms with Crippen LogP contribution in [0.5, 0.6) is 5.75 Å². The number of nitrogens with two attached hydrogens (primary N) is 1. The third-order valence-electron chi connectivity index (χ3n) is 1.28. The van der Waals surface area contributed by atoms with Crippen molar-refractivity contribution in [1.29, 1.82) is 0 Å². The van der Waals surface area contributed by atoms with E-state index >= 15 is 0 Å². The van der Waals surface area contributed by atoms with Crippen LogP contribution in [-0.2, 0) is 0 Å². The summed E-state index contributed by atoms with van der Waals surface area (Å²) < 4.78 is 63.3. The lowest BCUT2D eigenvalue weighted by Crippen LogP contribution is -2.18. The molecular weight excluding hydrogens is 209 g/mol. The molecule has 0 atom stereocenters. The van der Waals surface area contributed by atoms with E-state index in [4.69, 9.17) is 5.73 Å². The summed E-state index contributed by atoms with van der Waals surface area (Å²) in [6.45, 7) is 0. The Kier molecular flexibility index (Phi) is 2.50. The number of hydrogen-bond donors (Lipinski definition) is 1. The average Bonchev–Trinajstić information content (AvgIpc) is 1.97. The number of hydrogen-bond acceptors (Lipinski definition) is 2. The molecule has 2 N–H and O–H groups in total. The molecule has 0 saturated carbocycles. The highest BCUT2D eigenvalue weighted by Gasteiger charge is 2.32. The van der Waals surface area contributed by atoms with Crippen LogP contribution in [0.25, 0.3) is 0 Å². The number of benzene rings is 1. The summed E-state index contributed by atoms with van der Waals surface area (Å²) in [5.74, 6) is -3.76. The molecule has 0 bridgehead atoms. The van der Waals surface area contributed by atoms with Crippen LogP contribution in [0.3, 0.4) is 0 Å². The zero-order valence-electron chi connectivity index (χ0n) is 6.53. The van der Waals surface area contributed by atoms with Crippen molar-refractivity contribution in [1.82, 2.24) is 0 Å². The molecule has 0 aromatic heterocycles. The minimum Gasteiger partial charge on any atom is -0.403 e. The number of ether oxygens (including phenoxy) is 1. The lowest BCUT2D eigenvalue weighted by atomic mass is 10.3. The molecule has 1 rings (SSSR count). The van der Waals surface area contributed by atoms with Gasteiger partial charge in [-0.25, -0.2) is 8.78 Å². The van der Waals surface area contributed by atoms with Crippen LogP contribution in [-0.4, -0.2) is 6.36 Å². The van der Waals surface area contributed by atoms with Gasteiger partial charge in [0.2, 0.25) is 0 Å². The Morgan fingerprint density at radius 3 is 2.14 bits per heavy atom. The fourth-order valence-corrected chi connectivity index (χ4v) is 0.748. The van der Waals surface area contributed by atoms with E-state index in [2.05, 4.69) is 4.74 Å². The Morgan fingerprint density at radius 1 is 1.07 bits per heavy atom. The van der Waals surface area contributed by atoms with Gasteiger partial charge in [0.05, 0.1) is 5.69 Å². The van der Waals surface area contributed by atoms with E-state index in [-0.39, 0.29) is 6.07 Å². The molecular formula is C7H4F5NO. The largest absolute Gasteiger partial charge is 0.573 e. The predicted molar refractivity (Wildman–Crippen MR) is 37.5 cm³/mol. The van der Waals surface area contributed by atoms with Crippen LogP contribution >= 0.6 is 0 Å². The fourth-order valence-electron chi connectivity index (χ4n) is 0.748. The molecule has 1 aromatic carbocycles. The summed E-state index contributed by atoms with van der Waals surface area (Å²) in [6.07, 6.45) is -5.04. The molecule has 2 nitrogen and oxygen atoms in total. The fraction of sp³-hybridized carbons (Fsp3) is 0.143. The molecule has 14 heavy (non-hydrogen) atoms. The zero-order valence-corrected chi connectivity index (χ0v) is 6.53. The first-order valence-electron chi connectivity index (χ1n) is 3.30. The van der Waals surface area contributed by atoms with Gasteiger partial charge >= 0.3 is 6.36 Å². The Labute approximate surface area is 75.1 Å². The van der Waals surface area contributed by atoms with Crippen LogP contribution in [0, 0.1) is 11.6 Å². The third-order valence-corrected chi connectivity index (χ3v) is 1.28. The number of alkyl halides is 3. The standard InChI is InChI=1S/C7H4F5NO/c8-3-1-4(9)6(2-5(3)13)14-7(10,11)12/h1-2H,13H2. The molecule has 0 spiro atoms. The van der Waals surface area contributed by atoms with Crippen molar-refractivity contribution in [3.8, 4) is 5.75 Å². The minimum absolute atomic E-state index is 0.219. The van der Waals surface area contributed by atoms with Gasteiger partial charge in [0.25, 0.3) is 0 Å². The van der Waals surface area contributed by atoms with Gasteiger partial charge in [-0.1, -0.05) is 0 Å². The van der Waals surface area contributed by atoms with Crippen molar-refractivity contribution in [2.24, 2.45) is 0 Å². The van der Waals surface area contributed by atoms with Crippen LogP contribution < -0.4 is 10.5 Å². The summed E-state index contributed by atoms with van der Waals surface area (Å²) >= 11 is 0. The van der Waals surface area contributed by atoms with Gasteiger partial charge in [-0.05, 0) is 0 Å². The smallest absolute Gasteiger partial charge is 0.403 e. The van der Waals surface area contributed by atoms with E-state index < -0.39 is 29.4 Å². The van der Waals surface area contributed by atoms with Crippen LogP contribution in [0.15, 0.2) is 12.1 Å². The number of nitrogen functional groups attached to an aromatic ring is 1. The van der Waals surface area contributed by atoms with Crippen molar-refractivity contribution in [3.05, 3.63) is 23.8 Å². The molecule has 0 aliphatic carbocycles. The molecule has 0 unspecified atom stereocenters. The van der Waals surface area contributed by atoms with E-state index in [0.717, 1.165) is 0 Å². The lowest BCUT2D eigenvalue weighted by molar-refractivity contribution is -0.275.